The molecule has 2 aromatic rings. The maximum atomic E-state index is 8.88. The molecular weight excluding hydrogens is 243 g/mol. The van der Waals surface area contributed by atoms with Gasteiger partial charge in [-0.05, 0) is 17.2 Å². The Morgan fingerprint density at radius 3 is 2.26 bits per heavy atom. The summed E-state index contributed by atoms with van der Waals surface area (Å²) >= 11 is 0. The van der Waals surface area contributed by atoms with Crippen molar-refractivity contribution >= 4 is 7.32 Å². The predicted octanol–water partition coefficient (Wildman–Crippen LogP) is 0.492. The molecule has 1 aromatic carbocycles. The van der Waals surface area contributed by atoms with Gasteiger partial charge in [0, 0.05) is 12.6 Å². The third-order valence-corrected chi connectivity index (χ3v) is 2.23. The first-order valence-electron chi connectivity index (χ1n) is 5.55. The number of hydrogen-bond donors (Lipinski definition) is 3. The molecule has 1 heterocycles. The van der Waals surface area contributed by atoms with Gasteiger partial charge in [-0.1, -0.05) is 36.4 Å². The lowest BCUT2D eigenvalue weighted by atomic mass is 10.0. The van der Waals surface area contributed by atoms with Crippen molar-refractivity contribution < 1.29 is 15.1 Å². The van der Waals surface area contributed by atoms with Crippen molar-refractivity contribution in [3.63, 3.8) is 0 Å². The Kier molecular flexibility index (Phi) is 6.26. The number of aromatic nitrogens is 1. The SMILES string of the molecule is N#Cc1ncccc1Cc1ccccc1.OB(O)O. The van der Waals surface area contributed by atoms with E-state index in [1.165, 1.54) is 5.56 Å². The fourth-order valence-electron chi connectivity index (χ4n) is 1.50. The maximum absolute atomic E-state index is 8.88. The molecule has 0 atom stereocenters. The molecule has 0 saturated heterocycles. The molecule has 0 aliphatic carbocycles. The molecule has 6 heteroatoms. The second-order valence-corrected chi connectivity index (χ2v) is 3.63. The van der Waals surface area contributed by atoms with E-state index in [2.05, 4.69) is 11.1 Å². The molecule has 0 spiro atoms. The molecule has 5 nitrogen and oxygen atoms in total. The van der Waals surface area contributed by atoms with Gasteiger partial charge in [0.15, 0.2) is 0 Å². The van der Waals surface area contributed by atoms with E-state index < -0.39 is 7.32 Å². The second-order valence-electron chi connectivity index (χ2n) is 3.63. The van der Waals surface area contributed by atoms with E-state index in [0.29, 0.717) is 5.69 Å². The number of benzene rings is 1. The Morgan fingerprint density at radius 1 is 1.05 bits per heavy atom. The quantitative estimate of drug-likeness (QED) is 0.679. The van der Waals surface area contributed by atoms with Crippen LogP contribution < -0.4 is 0 Å². The van der Waals surface area contributed by atoms with Gasteiger partial charge in [0.1, 0.15) is 11.8 Å². The van der Waals surface area contributed by atoms with Gasteiger partial charge in [-0.2, -0.15) is 5.26 Å². The summed E-state index contributed by atoms with van der Waals surface area (Å²) in [5.74, 6) is 0. The minimum Gasteiger partial charge on any atom is -0.402 e. The highest BCUT2D eigenvalue weighted by molar-refractivity contribution is 6.30. The Hall–Kier alpha value is -2.20. The topological polar surface area (TPSA) is 97.4 Å². The molecule has 0 bridgehead atoms. The van der Waals surface area contributed by atoms with Crippen LogP contribution in [0.1, 0.15) is 16.8 Å². The third kappa shape index (κ3) is 5.79. The second kappa shape index (κ2) is 8.00. The molecule has 0 unspecified atom stereocenters. The molecular formula is C13H13BN2O3. The Bertz CT molecular complexity index is 538. The number of nitrogens with zero attached hydrogens (tertiary/aromatic N) is 2. The molecule has 3 N–H and O–H groups in total. The van der Waals surface area contributed by atoms with Crippen LogP contribution in [0.5, 0.6) is 0 Å². The van der Waals surface area contributed by atoms with E-state index in [4.69, 9.17) is 20.3 Å². The summed E-state index contributed by atoms with van der Waals surface area (Å²) < 4.78 is 0. The number of nitriles is 1. The minimum absolute atomic E-state index is 0.515. The lowest BCUT2D eigenvalue weighted by Gasteiger charge is -2.02. The van der Waals surface area contributed by atoms with Gasteiger partial charge in [-0.3, -0.25) is 0 Å². The van der Waals surface area contributed by atoms with Crippen molar-refractivity contribution in [1.82, 2.24) is 4.98 Å². The maximum Gasteiger partial charge on any atom is 0.631 e. The summed E-state index contributed by atoms with van der Waals surface area (Å²) in [7, 11) is -2.17. The Balaban J connectivity index is 0.000000399. The monoisotopic (exact) mass is 256 g/mol. The number of pyridine rings is 1. The largest absolute Gasteiger partial charge is 0.631 e. The van der Waals surface area contributed by atoms with Crippen LogP contribution in [0.15, 0.2) is 48.7 Å². The molecule has 2 rings (SSSR count). The summed E-state index contributed by atoms with van der Waals surface area (Å²) in [5, 5.41) is 30.4. The molecule has 19 heavy (non-hydrogen) atoms. The highest BCUT2D eigenvalue weighted by atomic mass is 16.5. The lowest BCUT2D eigenvalue weighted by Crippen LogP contribution is -2.07. The van der Waals surface area contributed by atoms with Crippen molar-refractivity contribution in [3.8, 4) is 6.07 Å². The zero-order chi connectivity index (χ0) is 14.1. The smallest absolute Gasteiger partial charge is 0.402 e. The summed E-state index contributed by atoms with van der Waals surface area (Å²) in [6, 6.07) is 16.0. The zero-order valence-corrected chi connectivity index (χ0v) is 10.1. The first-order valence-corrected chi connectivity index (χ1v) is 5.55. The molecule has 0 radical (unpaired) electrons. The van der Waals surface area contributed by atoms with Gasteiger partial charge in [-0.25, -0.2) is 4.98 Å². The Labute approximate surface area is 111 Å². The summed E-state index contributed by atoms with van der Waals surface area (Å²) in [6.07, 6.45) is 2.41. The summed E-state index contributed by atoms with van der Waals surface area (Å²) in [5.41, 5.74) is 2.69. The van der Waals surface area contributed by atoms with Crippen LogP contribution in [0.2, 0.25) is 0 Å². The molecule has 0 saturated carbocycles. The fraction of sp³-hybridized carbons (Fsp3) is 0.0769. The van der Waals surface area contributed by atoms with Gasteiger partial charge in [0.05, 0.1) is 0 Å². The number of rotatable bonds is 2. The highest BCUT2D eigenvalue weighted by Crippen LogP contribution is 2.11. The molecule has 1 aromatic heterocycles. The van der Waals surface area contributed by atoms with Gasteiger partial charge in [0.25, 0.3) is 0 Å². The van der Waals surface area contributed by atoms with Crippen molar-refractivity contribution in [3.05, 3.63) is 65.5 Å². The van der Waals surface area contributed by atoms with Crippen LogP contribution in [0.4, 0.5) is 0 Å². The predicted molar refractivity (Wildman–Crippen MR) is 70.6 cm³/mol. The van der Waals surface area contributed by atoms with E-state index in [0.717, 1.165) is 12.0 Å². The third-order valence-electron chi connectivity index (χ3n) is 2.23. The van der Waals surface area contributed by atoms with E-state index in [9.17, 15) is 0 Å². The van der Waals surface area contributed by atoms with Gasteiger partial charge in [-0.15, -0.1) is 0 Å². The van der Waals surface area contributed by atoms with E-state index in [1.807, 2.05) is 42.5 Å². The van der Waals surface area contributed by atoms with Crippen molar-refractivity contribution in [2.45, 2.75) is 6.42 Å². The fourth-order valence-corrected chi connectivity index (χ4v) is 1.50. The Morgan fingerprint density at radius 2 is 1.68 bits per heavy atom. The van der Waals surface area contributed by atoms with Crippen molar-refractivity contribution in [1.29, 1.82) is 5.26 Å². The van der Waals surface area contributed by atoms with Gasteiger partial charge < -0.3 is 15.1 Å². The van der Waals surface area contributed by atoms with Gasteiger partial charge >= 0.3 is 7.32 Å². The highest BCUT2D eigenvalue weighted by Gasteiger charge is 2.02. The van der Waals surface area contributed by atoms with Crippen LogP contribution in [-0.4, -0.2) is 27.4 Å². The number of hydrogen-bond acceptors (Lipinski definition) is 5. The summed E-state index contributed by atoms with van der Waals surface area (Å²) in [6.45, 7) is 0. The van der Waals surface area contributed by atoms with Crippen LogP contribution in [0, 0.1) is 11.3 Å². The summed E-state index contributed by atoms with van der Waals surface area (Å²) in [4.78, 5) is 4.03. The average Bonchev–Trinajstić information content (AvgIpc) is 2.40. The first-order chi connectivity index (χ1) is 9.13. The van der Waals surface area contributed by atoms with Crippen LogP contribution in [0.3, 0.4) is 0 Å². The van der Waals surface area contributed by atoms with Crippen molar-refractivity contribution in [2.24, 2.45) is 0 Å². The van der Waals surface area contributed by atoms with Crippen LogP contribution in [-0.2, 0) is 6.42 Å². The molecule has 0 fully saturated rings. The van der Waals surface area contributed by atoms with E-state index in [-0.39, 0.29) is 0 Å². The average molecular weight is 256 g/mol. The molecule has 0 amide bonds. The molecule has 96 valence electrons. The molecule has 0 aliphatic rings. The lowest BCUT2D eigenvalue weighted by molar-refractivity contribution is 0.278. The normalized spacial score (nSPS) is 8.95. The van der Waals surface area contributed by atoms with Gasteiger partial charge in [0.2, 0.25) is 0 Å². The molecule has 0 aliphatic heterocycles. The van der Waals surface area contributed by atoms with E-state index in [1.54, 1.807) is 6.20 Å². The van der Waals surface area contributed by atoms with Crippen LogP contribution in [0.25, 0.3) is 0 Å². The zero-order valence-electron chi connectivity index (χ0n) is 10.1. The van der Waals surface area contributed by atoms with Crippen molar-refractivity contribution in [2.75, 3.05) is 0 Å². The van der Waals surface area contributed by atoms with Crippen LogP contribution >= 0.6 is 0 Å². The van der Waals surface area contributed by atoms with E-state index >= 15 is 0 Å². The standard InChI is InChI=1S/C13H10N2.BH3O3/c14-10-13-12(7-4-8-15-13)9-11-5-2-1-3-6-11;2-1(3)4/h1-8H,9H2;2-4H. The first kappa shape index (κ1) is 14.9. The minimum atomic E-state index is -2.17.